The first-order chi connectivity index (χ1) is 18.0. The highest BCUT2D eigenvalue weighted by Gasteiger charge is 2.32. The molecule has 38 heavy (non-hydrogen) atoms. The van der Waals surface area contributed by atoms with Gasteiger partial charge in [-0.2, -0.15) is 13.2 Å². The number of nitrogens with two attached hydrogens (primary N) is 1. The summed E-state index contributed by atoms with van der Waals surface area (Å²) in [6.45, 7) is 2.41. The Kier molecular flexibility index (Phi) is 8.61. The van der Waals surface area contributed by atoms with Crippen LogP contribution in [-0.4, -0.2) is 61.2 Å². The largest absolute Gasteiger partial charge is 0.416 e. The summed E-state index contributed by atoms with van der Waals surface area (Å²) in [5.74, 6) is -0.173. The molecular formula is C25H30ClF3N6O3. The van der Waals surface area contributed by atoms with Crippen molar-refractivity contribution in [3.63, 3.8) is 0 Å². The molecule has 9 nitrogen and oxygen atoms in total. The van der Waals surface area contributed by atoms with Gasteiger partial charge in [0.25, 0.3) is 5.91 Å². The monoisotopic (exact) mass is 554 g/mol. The summed E-state index contributed by atoms with van der Waals surface area (Å²) in [7, 11) is 1.44. The van der Waals surface area contributed by atoms with Crippen molar-refractivity contribution in [2.45, 2.75) is 44.3 Å². The van der Waals surface area contributed by atoms with Gasteiger partial charge in [0.05, 0.1) is 11.8 Å². The number of nitrogens with zero attached hydrogens (tertiary/aromatic N) is 4. The molecule has 1 atom stereocenters. The van der Waals surface area contributed by atoms with Crippen molar-refractivity contribution in [3.05, 3.63) is 40.7 Å². The summed E-state index contributed by atoms with van der Waals surface area (Å²) in [5.41, 5.74) is 4.74. The minimum atomic E-state index is -4.57. The Morgan fingerprint density at radius 3 is 2.66 bits per heavy atom. The lowest BCUT2D eigenvalue weighted by atomic mass is 9.94. The molecule has 206 valence electrons. The van der Waals surface area contributed by atoms with Crippen molar-refractivity contribution < 1.29 is 27.5 Å². The highest BCUT2D eigenvalue weighted by molar-refractivity contribution is 6.31. The first kappa shape index (κ1) is 27.9. The number of ether oxygens (including phenoxy) is 1. The topological polar surface area (TPSA) is 114 Å². The van der Waals surface area contributed by atoms with Gasteiger partial charge in [0.1, 0.15) is 5.82 Å². The van der Waals surface area contributed by atoms with E-state index in [-0.39, 0.29) is 40.7 Å². The first-order valence-corrected chi connectivity index (χ1v) is 12.8. The molecule has 2 aliphatic rings. The predicted molar refractivity (Wildman–Crippen MR) is 137 cm³/mol. The van der Waals surface area contributed by atoms with Crippen LogP contribution in [0.5, 0.6) is 0 Å². The number of primary amides is 1. The van der Waals surface area contributed by atoms with Gasteiger partial charge in [-0.3, -0.25) is 9.59 Å². The second-order valence-electron chi connectivity index (χ2n) is 9.63. The summed E-state index contributed by atoms with van der Waals surface area (Å²) in [6.07, 6.45) is 0.164. The maximum Gasteiger partial charge on any atom is 0.416 e. The molecular weight excluding hydrogens is 525 g/mol. The summed E-state index contributed by atoms with van der Waals surface area (Å²) < 4.78 is 45.0. The third-order valence-corrected chi connectivity index (χ3v) is 7.05. The number of hydrogen-bond acceptors (Lipinski definition) is 7. The van der Waals surface area contributed by atoms with E-state index in [1.165, 1.54) is 24.2 Å². The zero-order valence-corrected chi connectivity index (χ0v) is 21.7. The van der Waals surface area contributed by atoms with Gasteiger partial charge in [0.15, 0.2) is 11.5 Å². The van der Waals surface area contributed by atoms with Gasteiger partial charge in [-0.15, -0.1) is 0 Å². The zero-order valence-electron chi connectivity index (χ0n) is 20.9. The third kappa shape index (κ3) is 6.84. The second-order valence-corrected chi connectivity index (χ2v) is 10.1. The molecule has 3 heterocycles. The summed E-state index contributed by atoms with van der Waals surface area (Å²) in [6, 6.07) is 3.17. The Balaban J connectivity index is 1.45. The molecule has 1 aromatic carbocycles. The van der Waals surface area contributed by atoms with Gasteiger partial charge in [-0.1, -0.05) is 11.6 Å². The molecule has 0 unspecified atom stereocenters. The molecule has 2 saturated heterocycles. The number of rotatable bonds is 7. The third-order valence-electron chi connectivity index (χ3n) is 6.83. The molecule has 2 aromatic rings. The van der Waals surface area contributed by atoms with E-state index in [1.54, 1.807) is 0 Å². The lowest BCUT2D eigenvalue weighted by molar-refractivity contribution is -0.137. The van der Waals surface area contributed by atoms with Crippen molar-refractivity contribution in [3.8, 4) is 0 Å². The van der Waals surface area contributed by atoms with Crippen LogP contribution >= 0.6 is 11.6 Å². The lowest BCUT2D eigenvalue weighted by Crippen LogP contribution is -2.39. The SMILES string of the molecule is CN(C(=O)C[C@@H]1CCCN(c2cnc(C(N)=O)c(NC3CCOCC3)n2)C1)c1cc(Cl)cc(C(F)(F)F)c1. The molecule has 0 aliphatic carbocycles. The van der Waals surface area contributed by atoms with Crippen LogP contribution in [0.1, 0.15) is 48.2 Å². The highest BCUT2D eigenvalue weighted by atomic mass is 35.5. The molecule has 0 spiro atoms. The molecule has 2 aliphatic heterocycles. The Hall–Kier alpha value is -3.12. The number of nitrogens with one attached hydrogen (secondary N) is 1. The molecule has 2 amide bonds. The maximum absolute atomic E-state index is 13.2. The summed E-state index contributed by atoms with van der Waals surface area (Å²) in [4.78, 5) is 37.0. The van der Waals surface area contributed by atoms with Gasteiger partial charge in [0.2, 0.25) is 5.91 Å². The van der Waals surface area contributed by atoms with Crippen LogP contribution in [0.25, 0.3) is 0 Å². The predicted octanol–water partition coefficient (Wildman–Crippen LogP) is 4.11. The van der Waals surface area contributed by atoms with E-state index >= 15 is 0 Å². The Morgan fingerprint density at radius 2 is 1.97 bits per heavy atom. The van der Waals surface area contributed by atoms with Crippen molar-refractivity contribution >= 4 is 40.7 Å². The number of carbonyl (C=O) groups is 2. The normalized spacial score (nSPS) is 18.8. The lowest BCUT2D eigenvalue weighted by Gasteiger charge is -2.34. The van der Waals surface area contributed by atoms with Crippen molar-refractivity contribution in [2.75, 3.05) is 48.5 Å². The average Bonchev–Trinajstić information content (AvgIpc) is 2.88. The maximum atomic E-state index is 13.2. The Labute approximate surface area is 223 Å². The van der Waals surface area contributed by atoms with Crippen LogP contribution in [-0.2, 0) is 15.7 Å². The minimum absolute atomic E-state index is 0.0514. The number of piperidine rings is 1. The molecule has 4 rings (SSSR count). The number of benzene rings is 1. The number of amides is 2. The van der Waals surface area contributed by atoms with E-state index in [1.807, 2.05) is 4.90 Å². The van der Waals surface area contributed by atoms with Gasteiger partial charge in [0, 0.05) is 56.5 Å². The van der Waals surface area contributed by atoms with Gasteiger partial charge in [-0.25, -0.2) is 9.97 Å². The number of aromatic nitrogens is 2. The Bertz CT molecular complexity index is 1180. The van der Waals surface area contributed by atoms with Gasteiger partial charge < -0.3 is 25.6 Å². The molecule has 0 bridgehead atoms. The molecule has 1 aromatic heterocycles. The minimum Gasteiger partial charge on any atom is -0.381 e. The van der Waals surface area contributed by atoms with Crippen LogP contribution in [0.2, 0.25) is 5.02 Å². The molecule has 0 radical (unpaired) electrons. The summed E-state index contributed by atoms with van der Waals surface area (Å²) >= 11 is 5.89. The number of carbonyl (C=O) groups excluding carboxylic acids is 2. The highest BCUT2D eigenvalue weighted by Crippen LogP contribution is 2.35. The fourth-order valence-corrected chi connectivity index (χ4v) is 4.98. The van der Waals surface area contributed by atoms with Crippen LogP contribution in [0.4, 0.5) is 30.5 Å². The molecule has 13 heteroatoms. The fourth-order valence-electron chi connectivity index (χ4n) is 4.75. The van der Waals surface area contributed by atoms with Crippen molar-refractivity contribution in [2.24, 2.45) is 11.7 Å². The van der Waals surface area contributed by atoms with Gasteiger partial charge in [-0.05, 0) is 49.8 Å². The van der Waals surface area contributed by atoms with Crippen LogP contribution < -0.4 is 20.9 Å². The van der Waals surface area contributed by atoms with Crippen molar-refractivity contribution in [1.29, 1.82) is 0 Å². The number of alkyl halides is 3. The van der Waals surface area contributed by atoms with Crippen molar-refractivity contribution in [1.82, 2.24) is 9.97 Å². The van der Waals surface area contributed by atoms with E-state index in [0.717, 1.165) is 37.8 Å². The van der Waals surface area contributed by atoms with E-state index < -0.39 is 17.6 Å². The van der Waals surface area contributed by atoms with E-state index in [2.05, 4.69) is 15.3 Å². The average molecular weight is 555 g/mol. The quantitative estimate of drug-likeness (QED) is 0.529. The zero-order chi connectivity index (χ0) is 27.4. The number of anilines is 3. The van der Waals surface area contributed by atoms with Crippen LogP contribution in [0.3, 0.4) is 0 Å². The van der Waals surface area contributed by atoms with E-state index in [4.69, 9.17) is 22.1 Å². The van der Waals surface area contributed by atoms with E-state index in [0.29, 0.717) is 37.9 Å². The second kappa shape index (κ2) is 11.7. The van der Waals surface area contributed by atoms with E-state index in [9.17, 15) is 22.8 Å². The molecule has 2 fully saturated rings. The molecule has 3 N–H and O–H groups in total. The standard InChI is InChI=1S/C25H30ClF3N6O3/c1-34(19-11-16(25(27,28)29)10-17(26)12-19)21(36)9-15-3-2-6-35(14-15)20-13-31-22(23(30)37)24(33-20)32-18-4-7-38-8-5-18/h10-13,15,18H,2-9,14H2,1H3,(H2,30,37)(H,32,33)/t15-/m0/s1. The number of halogens is 4. The summed E-state index contributed by atoms with van der Waals surface area (Å²) in [5, 5.41) is 3.18. The first-order valence-electron chi connectivity index (χ1n) is 12.4. The molecule has 0 saturated carbocycles. The van der Waals surface area contributed by atoms with Crippen LogP contribution in [0, 0.1) is 5.92 Å². The van der Waals surface area contributed by atoms with Crippen LogP contribution in [0.15, 0.2) is 24.4 Å². The fraction of sp³-hybridized carbons (Fsp3) is 0.520. The number of hydrogen-bond donors (Lipinski definition) is 2. The Morgan fingerprint density at radius 1 is 1.24 bits per heavy atom. The van der Waals surface area contributed by atoms with Gasteiger partial charge >= 0.3 is 6.18 Å². The smallest absolute Gasteiger partial charge is 0.381 e.